The molecule has 236 valence electrons. The summed E-state index contributed by atoms with van der Waals surface area (Å²) in [6.45, 7) is 6.58. The molecule has 12 heteroatoms. The maximum Gasteiger partial charge on any atom is 0.412 e. The van der Waals surface area contributed by atoms with Gasteiger partial charge in [0, 0.05) is 28.1 Å². The number of benzene rings is 3. The van der Waals surface area contributed by atoms with Crippen LogP contribution in [0.15, 0.2) is 77.3 Å². The first-order valence-electron chi connectivity index (χ1n) is 14.1. The predicted octanol–water partition coefficient (Wildman–Crippen LogP) is 7.35. The van der Waals surface area contributed by atoms with Crippen LogP contribution in [0.3, 0.4) is 0 Å². The van der Waals surface area contributed by atoms with Crippen LogP contribution < -0.4 is 10.6 Å². The van der Waals surface area contributed by atoms with Crippen LogP contribution >= 0.6 is 11.6 Å². The summed E-state index contributed by atoms with van der Waals surface area (Å²) in [4.78, 5) is 45.2. The van der Waals surface area contributed by atoms with Crippen molar-refractivity contribution >= 4 is 41.2 Å². The van der Waals surface area contributed by atoms with E-state index in [9.17, 15) is 19.2 Å². The lowest BCUT2D eigenvalue weighted by molar-refractivity contribution is -0.139. The molecule has 11 nitrogen and oxygen atoms in total. The van der Waals surface area contributed by atoms with Gasteiger partial charge in [0.2, 0.25) is 0 Å². The van der Waals surface area contributed by atoms with Crippen LogP contribution in [0, 0.1) is 6.92 Å². The van der Waals surface area contributed by atoms with Crippen molar-refractivity contribution in [3.63, 3.8) is 0 Å². The number of hydrogen-bond acceptors (Lipinski definition) is 7. The topological polar surface area (TPSA) is 168 Å². The first kappa shape index (κ1) is 34.3. The maximum atomic E-state index is 12.5. The quantitative estimate of drug-likeness (QED) is 0.129. The monoisotopic (exact) mass is 635 g/mol. The third-order valence-electron chi connectivity index (χ3n) is 6.53. The molecule has 1 heterocycles. The summed E-state index contributed by atoms with van der Waals surface area (Å²) in [7, 11) is 0. The Hall–Kier alpha value is -5.16. The van der Waals surface area contributed by atoms with Crippen molar-refractivity contribution in [3.05, 3.63) is 94.6 Å². The fraction of sp³-hybridized carbons (Fsp3) is 0.242. The van der Waals surface area contributed by atoms with E-state index in [1.807, 2.05) is 6.92 Å². The number of fused-ring (bicyclic) bond motifs is 1. The number of aromatic nitrogens is 1. The van der Waals surface area contributed by atoms with Crippen LogP contribution in [-0.2, 0) is 14.3 Å². The minimum absolute atomic E-state index is 0.269. The van der Waals surface area contributed by atoms with Crippen LogP contribution in [0.5, 0.6) is 0 Å². The van der Waals surface area contributed by atoms with Gasteiger partial charge in [-0.3, -0.25) is 19.7 Å². The minimum Gasteiger partial charge on any atom is -0.481 e. The zero-order valence-corrected chi connectivity index (χ0v) is 25.9. The van der Waals surface area contributed by atoms with Crippen molar-refractivity contribution in [2.75, 3.05) is 5.32 Å². The van der Waals surface area contributed by atoms with Crippen molar-refractivity contribution < 1.29 is 38.7 Å². The van der Waals surface area contributed by atoms with Crippen molar-refractivity contribution in [3.8, 4) is 22.5 Å². The highest BCUT2D eigenvalue weighted by molar-refractivity contribution is 6.31. The lowest BCUT2D eigenvalue weighted by Gasteiger charge is -2.15. The number of carboxylic acids is 2. The number of rotatable bonds is 9. The highest BCUT2D eigenvalue weighted by atomic mass is 35.5. The van der Waals surface area contributed by atoms with E-state index in [2.05, 4.69) is 40.1 Å². The number of halogens is 1. The lowest BCUT2D eigenvalue weighted by atomic mass is 9.95. The van der Waals surface area contributed by atoms with E-state index >= 15 is 0 Å². The number of nitrogens with one attached hydrogen (secondary N) is 2. The summed E-state index contributed by atoms with van der Waals surface area (Å²) < 4.78 is 10.8. The van der Waals surface area contributed by atoms with E-state index in [4.69, 9.17) is 31.1 Å². The second-order valence-electron chi connectivity index (χ2n) is 10.00. The number of amides is 2. The molecule has 0 aliphatic heterocycles. The number of aliphatic carboxylic acids is 2. The van der Waals surface area contributed by atoms with Gasteiger partial charge in [0.05, 0.1) is 0 Å². The van der Waals surface area contributed by atoms with Gasteiger partial charge in [-0.25, -0.2) is 4.79 Å². The Balaban J connectivity index is 0.000000379. The molecule has 4 N–H and O–H groups in total. The highest BCUT2D eigenvalue weighted by Gasteiger charge is 2.21. The van der Waals surface area contributed by atoms with Gasteiger partial charge in [-0.1, -0.05) is 78.3 Å². The van der Waals surface area contributed by atoms with Gasteiger partial charge in [0.15, 0.2) is 5.76 Å². The Kier molecular flexibility index (Phi) is 12.3. The summed E-state index contributed by atoms with van der Waals surface area (Å²) in [6.07, 6.45) is -0.281. The molecule has 5 rings (SSSR count). The fourth-order valence-electron chi connectivity index (χ4n) is 3.87. The molecular formula is C33H34ClN3O8. The third-order valence-corrected chi connectivity index (χ3v) is 6.87. The zero-order chi connectivity index (χ0) is 33.1. The maximum absolute atomic E-state index is 12.5. The van der Waals surface area contributed by atoms with Crippen LogP contribution in [0.2, 0.25) is 5.02 Å². The predicted molar refractivity (Wildman–Crippen MR) is 169 cm³/mol. The van der Waals surface area contributed by atoms with E-state index in [1.54, 1.807) is 50.2 Å². The van der Waals surface area contributed by atoms with Gasteiger partial charge in [0.25, 0.3) is 5.91 Å². The van der Waals surface area contributed by atoms with Crippen LogP contribution in [0.4, 0.5) is 10.5 Å². The van der Waals surface area contributed by atoms with E-state index < -0.39 is 36.1 Å². The van der Waals surface area contributed by atoms with Crippen molar-refractivity contribution in [2.45, 2.75) is 52.7 Å². The Morgan fingerprint density at radius 3 is 1.96 bits per heavy atom. The van der Waals surface area contributed by atoms with Gasteiger partial charge in [-0.15, -0.1) is 0 Å². The van der Waals surface area contributed by atoms with E-state index in [1.165, 1.54) is 30.2 Å². The molecule has 0 saturated heterocycles. The van der Waals surface area contributed by atoms with Crippen molar-refractivity contribution in [1.29, 1.82) is 0 Å². The molecule has 0 bridgehead atoms. The first-order valence-corrected chi connectivity index (χ1v) is 14.4. The Morgan fingerprint density at radius 2 is 1.49 bits per heavy atom. The number of carboxylic acid groups (broad SMARTS) is 2. The lowest BCUT2D eigenvalue weighted by Crippen LogP contribution is -2.38. The molecule has 2 aliphatic rings. The molecule has 0 spiro atoms. The molecule has 0 fully saturated rings. The van der Waals surface area contributed by atoms with Crippen molar-refractivity contribution in [2.24, 2.45) is 0 Å². The summed E-state index contributed by atoms with van der Waals surface area (Å²) in [6, 6.07) is 20.7. The van der Waals surface area contributed by atoms with Gasteiger partial charge in [-0.2, -0.15) is 0 Å². The Morgan fingerprint density at radius 1 is 0.911 bits per heavy atom. The summed E-state index contributed by atoms with van der Waals surface area (Å²) in [5, 5.41) is 26.2. The van der Waals surface area contributed by atoms with E-state index in [0.717, 1.165) is 6.42 Å². The fourth-order valence-corrected chi connectivity index (χ4v) is 4.15. The molecular weight excluding hydrogens is 602 g/mol. The van der Waals surface area contributed by atoms with E-state index in [-0.39, 0.29) is 11.3 Å². The summed E-state index contributed by atoms with van der Waals surface area (Å²) >= 11 is 6.16. The molecule has 2 amide bonds. The van der Waals surface area contributed by atoms with E-state index in [0.29, 0.717) is 34.0 Å². The minimum atomic E-state index is -1.14. The number of anilines is 1. The standard InChI is InChI=1S/C23H22ClN3O6.C6H4.C4H8O2/c1-12-19(26-23(31)32-14(3)17-6-4-5-7-18(17)24)20(33-27-12)15-8-10-16(11-9-15)21(28)25-13(2)22(29)30;1-2-6-4-3-5(1)6;1-2-3-4(5)6/h4-11,13-14H,1-3H3,(H,25,28)(H,26,31)(H,29,30);1-4H;2-3H2,1H3,(H,5,6). The summed E-state index contributed by atoms with van der Waals surface area (Å²) in [5.41, 5.74) is 5.10. The first-order chi connectivity index (χ1) is 21.4. The van der Waals surface area contributed by atoms with Gasteiger partial charge in [-0.05, 0) is 56.5 Å². The van der Waals surface area contributed by atoms with Gasteiger partial charge >= 0.3 is 18.0 Å². The zero-order valence-electron chi connectivity index (χ0n) is 25.2. The number of aryl methyl sites for hydroxylation is 1. The smallest absolute Gasteiger partial charge is 0.412 e. The second kappa shape index (κ2) is 16.1. The Bertz CT molecular complexity index is 1610. The number of carbonyl (C=O) groups is 4. The van der Waals surface area contributed by atoms with Gasteiger partial charge < -0.3 is 24.8 Å². The third kappa shape index (κ3) is 9.67. The average Bonchev–Trinajstić information content (AvgIpc) is 3.34. The highest BCUT2D eigenvalue weighted by Crippen LogP contribution is 2.32. The molecule has 2 unspecified atom stereocenters. The Labute approximate surface area is 265 Å². The summed E-state index contributed by atoms with van der Waals surface area (Å²) in [5.74, 6) is -2.09. The molecule has 2 atom stereocenters. The molecule has 2 aromatic carbocycles. The van der Waals surface area contributed by atoms with Crippen molar-refractivity contribution in [1.82, 2.24) is 10.5 Å². The number of carbonyl (C=O) groups excluding carboxylic acids is 2. The van der Waals surface area contributed by atoms with Crippen LogP contribution in [0.25, 0.3) is 22.5 Å². The number of hydrogen-bond donors (Lipinski definition) is 4. The molecule has 2 aliphatic carbocycles. The SMILES string of the molecule is CCCC(=O)O.Cc1noc(-c2ccc(C(=O)NC(C)C(=O)O)cc2)c1NC(=O)OC(C)c1ccccc1Cl.c1cc2ccc1-2. The number of nitrogens with zero attached hydrogens (tertiary/aromatic N) is 1. The number of ether oxygens (including phenoxy) is 1. The van der Waals surface area contributed by atoms with Crippen LogP contribution in [0.1, 0.15) is 61.3 Å². The molecule has 0 radical (unpaired) electrons. The molecule has 3 aromatic rings. The van der Waals surface area contributed by atoms with Crippen LogP contribution in [-0.4, -0.2) is 45.4 Å². The second-order valence-corrected chi connectivity index (χ2v) is 10.4. The molecule has 0 saturated carbocycles. The molecule has 45 heavy (non-hydrogen) atoms. The van der Waals surface area contributed by atoms with Gasteiger partial charge in [0.1, 0.15) is 23.5 Å². The largest absolute Gasteiger partial charge is 0.481 e. The average molecular weight is 636 g/mol. The molecule has 1 aromatic heterocycles. The normalized spacial score (nSPS) is 11.8.